The van der Waals surface area contributed by atoms with Crippen LogP contribution >= 0.6 is 22.9 Å². The smallest absolute Gasteiger partial charge is 0.210 e. The monoisotopic (exact) mass is 291 g/mol. The van der Waals surface area contributed by atoms with Crippen LogP contribution in [0.5, 0.6) is 0 Å². The first-order valence-electron chi connectivity index (χ1n) is 4.56. The molecular weight excluding hydrogens is 285 g/mol. The first kappa shape index (κ1) is 12.5. The predicted molar refractivity (Wildman–Crippen MR) is 64.4 cm³/mol. The van der Waals surface area contributed by atoms with Gasteiger partial charge in [-0.25, -0.2) is 17.8 Å². The molecule has 0 unspecified atom stereocenters. The van der Waals surface area contributed by atoms with Crippen molar-refractivity contribution in [3.8, 4) is 0 Å². The quantitative estimate of drug-likeness (QED) is 0.873. The van der Waals surface area contributed by atoms with Crippen molar-refractivity contribution in [2.45, 2.75) is 10.1 Å². The molecule has 1 heterocycles. The fraction of sp³-hybridized carbons (Fsp3) is 0.100. The van der Waals surface area contributed by atoms with E-state index < -0.39 is 21.4 Å². The Kier molecular flexibility index (Phi) is 3.46. The fourth-order valence-corrected chi connectivity index (χ4v) is 3.98. The summed E-state index contributed by atoms with van der Waals surface area (Å²) in [7, 11) is -3.63. The van der Waals surface area contributed by atoms with Crippen LogP contribution in [0.25, 0.3) is 0 Å². The van der Waals surface area contributed by atoms with Crippen molar-refractivity contribution in [2.24, 2.45) is 0 Å². The van der Waals surface area contributed by atoms with E-state index in [1.54, 1.807) is 6.07 Å². The largest absolute Gasteiger partial charge is 0.232 e. The molecule has 0 saturated heterocycles. The zero-order valence-electron chi connectivity index (χ0n) is 8.43. The van der Waals surface area contributed by atoms with Crippen LogP contribution in [-0.2, 0) is 15.6 Å². The molecule has 17 heavy (non-hydrogen) atoms. The second-order valence-corrected chi connectivity index (χ2v) is 7.11. The van der Waals surface area contributed by atoms with Crippen molar-refractivity contribution in [2.75, 3.05) is 0 Å². The topological polar surface area (TPSA) is 47.0 Å². The zero-order chi connectivity index (χ0) is 12.5. The molecule has 1 aromatic heterocycles. The minimum Gasteiger partial charge on any atom is -0.232 e. The van der Waals surface area contributed by atoms with Crippen LogP contribution in [0.3, 0.4) is 0 Å². The summed E-state index contributed by atoms with van der Waals surface area (Å²) in [5.41, 5.74) is 0.124. The molecule has 0 amide bonds. The summed E-state index contributed by atoms with van der Waals surface area (Å²) in [6.07, 6.45) is 1.26. The molecule has 0 spiro atoms. The third kappa shape index (κ3) is 2.83. The summed E-state index contributed by atoms with van der Waals surface area (Å²) < 4.78 is 37.3. The maximum absolute atomic E-state index is 13.3. The molecule has 90 valence electrons. The summed E-state index contributed by atoms with van der Waals surface area (Å²) >= 11 is 6.48. The van der Waals surface area contributed by atoms with Crippen LogP contribution in [0.1, 0.15) is 5.56 Å². The highest BCUT2D eigenvalue weighted by molar-refractivity contribution is 7.92. The summed E-state index contributed by atoms with van der Waals surface area (Å²) in [6, 6.07) is 5.75. The van der Waals surface area contributed by atoms with E-state index in [1.165, 1.54) is 24.4 Å². The Labute approximate surface area is 107 Å². The number of nitrogens with zero attached hydrogens (tertiary/aromatic N) is 1. The fourth-order valence-electron chi connectivity index (χ4n) is 1.27. The van der Waals surface area contributed by atoms with Gasteiger partial charge < -0.3 is 0 Å². The molecule has 3 nitrogen and oxygen atoms in total. The number of benzene rings is 1. The second-order valence-electron chi connectivity index (χ2n) is 3.28. The van der Waals surface area contributed by atoms with Gasteiger partial charge in [0.05, 0.1) is 11.9 Å². The van der Waals surface area contributed by atoms with Crippen molar-refractivity contribution < 1.29 is 12.8 Å². The third-order valence-corrected chi connectivity index (χ3v) is 5.28. The summed E-state index contributed by atoms with van der Waals surface area (Å²) in [5, 5.41) is 0. The van der Waals surface area contributed by atoms with Crippen molar-refractivity contribution in [3.05, 3.63) is 46.2 Å². The Morgan fingerprint density at radius 3 is 2.65 bits per heavy atom. The van der Waals surface area contributed by atoms with Gasteiger partial charge in [-0.2, -0.15) is 0 Å². The molecule has 0 bridgehead atoms. The third-order valence-electron chi connectivity index (χ3n) is 2.03. The average molecular weight is 292 g/mol. The first-order chi connectivity index (χ1) is 7.99. The van der Waals surface area contributed by atoms with E-state index in [-0.39, 0.29) is 14.2 Å². The lowest BCUT2D eigenvalue weighted by molar-refractivity contribution is 0.586. The van der Waals surface area contributed by atoms with E-state index in [2.05, 4.69) is 4.98 Å². The summed E-state index contributed by atoms with van der Waals surface area (Å²) in [6.45, 7) is 0. The van der Waals surface area contributed by atoms with Gasteiger partial charge in [0.1, 0.15) is 10.2 Å². The van der Waals surface area contributed by atoms with E-state index in [4.69, 9.17) is 11.6 Å². The van der Waals surface area contributed by atoms with Gasteiger partial charge in [-0.15, -0.1) is 0 Å². The van der Waals surface area contributed by atoms with Crippen LogP contribution in [0.2, 0.25) is 4.34 Å². The normalized spacial score (nSPS) is 11.6. The highest BCUT2D eigenvalue weighted by atomic mass is 35.5. The lowest BCUT2D eigenvalue weighted by atomic mass is 10.2. The molecule has 0 aliphatic heterocycles. The lowest BCUT2D eigenvalue weighted by Gasteiger charge is -2.02. The summed E-state index contributed by atoms with van der Waals surface area (Å²) in [4.78, 5) is 3.69. The number of rotatable bonds is 3. The Morgan fingerprint density at radius 2 is 2.06 bits per heavy atom. The van der Waals surface area contributed by atoms with Crippen molar-refractivity contribution in [1.82, 2.24) is 4.98 Å². The molecule has 1 aromatic carbocycles. The molecule has 2 rings (SSSR count). The van der Waals surface area contributed by atoms with Crippen LogP contribution in [0.15, 0.2) is 34.8 Å². The van der Waals surface area contributed by atoms with Gasteiger partial charge in [-0.1, -0.05) is 41.1 Å². The van der Waals surface area contributed by atoms with Gasteiger partial charge in [-0.3, -0.25) is 0 Å². The molecular formula is C10H7ClFNO2S2. The van der Waals surface area contributed by atoms with E-state index in [9.17, 15) is 12.8 Å². The molecule has 0 atom stereocenters. The van der Waals surface area contributed by atoms with E-state index in [0.29, 0.717) is 0 Å². The number of halogens is 2. The van der Waals surface area contributed by atoms with Crippen molar-refractivity contribution in [1.29, 1.82) is 0 Å². The van der Waals surface area contributed by atoms with E-state index in [1.807, 2.05) is 0 Å². The Morgan fingerprint density at radius 1 is 1.35 bits per heavy atom. The average Bonchev–Trinajstić information content (AvgIpc) is 2.69. The molecule has 7 heteroatoms. The minimum absolute atomic E-state index is 0.0919. The van der Waals surface area contributed by atoms with Crippen molar-refractivity contribution >= 4 is 32.8 Å². The lowest BCUT2D eigenvalue weighted by Crippen LogP contribution is -2.05. The highest BCUT2D eigenvalue weighted by Crippen LogP contribution is 2.25. The number of sulfone groups is 1. The van der Waals surface area contributed by atoms with Gasteiger partial charge in [0.15, 0.2) is 0 Å². The van der Waals surface area contributed by atoms with Gasteiger partial charge in [0, 0.05) is 5.56 Å². The minimum atomic E-state index is -3.63. The van der Waals surface area contributed by atoms with Gasteiger partial charge in [-0.05, 0) is 6.07 Å². The first-order valence-corrected chi connectivity index (χ1v) is 7.41. The SMILES string of the molecule is O=S(=O)(Cc1ccccc1F)c1ncc(Cl)s1. The van der Waals surface area contributed by atoms with Crippen LogP contribution in [-0.4, -0.2) is 13.4 Å². The van der Waals surface area contributed by atoms with E-state index >= 15 is 0 Å². The van der Waals surface area contributed by atoms with Gasteiger partial charge in [0.2, 0.25) is 14.2 Å². The van der Waals surface area contributed by atoms with E-state index in [0.717, 1.165) is 11.3 Å². The highest BCUT2D eigenvalue weighted by Gasteiger charge is 2.20. The standard InChI is InChI=1S/C10H7ClFNO2S2/c11-9-5-13-10(16-9)17(14,15)6-7-3-1-2-4-8(7)12/h1-5H,6H2. The number of aromatic nitrogens is 1. The van der Waals surface area contributed by atoms with Crippen molar-refractivity contribution in [3.63, 3.8) is 0 Å². The van der Waals surface area contributed by atoms with Gasteiger partial charge in [0.25, 0.3) is 0 Å². The predicted octanol–water partition coefficient (Wildman–Crippen LogP) is 2.91. The van der Waals surface area contributed by atoms with Crippen LogP contribution < -0.4 is 0 Å². The Bertz CT molecular complexity index is 639. The molecule has 0 radical (unpaired) electrons. The molecule has 0 fully saturated rings. The maximum atomic E-state index is 13.3. The molecule has 0 aliphatic rings. The summed E-state index contributed by atoms with van der Waals surface area (Å²) in [5.74, 6) is -0.956. The Balaban J connectivity index is 2.33. The number of hydrogen-bond donors (Lipinski definition) is 0. The Hall–Kier alpha value is -0.980. The van der Waals surface area contributed by atoms with Crippen LogP contribution in [0, 0.1) is 5.82 Å². The molecule has 2 aromatic rings. The number of hydrogen-bond acceptors (Lipinski definition) is 4. The van der Waals surface area contributed by atoms with Crippen LogP contribution in [0.4, 0.5) is 4.39 Å². The molecule has 0 N–H and O–H groups in total. The number of thiazole rings is 1. The molecule has 0 saturated carbocycles. The maximum Gasteiger partial charge on any atom is 0.210 e. The second kappa shape index (κ2) is 4.72. The van der Waals surface area contributed by atoms with Gasteiger partial charge >= 0.3 is 0 Å². The molecule has 0 aliphatic carbocycles. The zero-order valence-corrected chi connectivity index (χ0v) is 10.8.